The zero-order valence-electron chi connectivity index (χ0n) is 8.19. The van der Waals surface area contributed by atoms with Crippen LogP contribution in [-0.2, 0) is 4.74 Å². The molecule has 1 aromatic heterocycles. The maximum absolute atomic E-state index is 11.5. The molecule has 3 nitrogen and oxygen atoms in total. The third kappa shape index (κ3) is 1.68. The van der Waals surface area contributed by atoms with Gasteiger partial charge in [-0.3, -0.25) is 0 Å². The highest BCUT2D eigenvalue weighted by molar-refractivity contribution is 7.17. The van der Waals surface area contributed by atoms with Crippen LogP contribution in [0.25, 0.3) is 10.1 Å². The van der Waals surface area contributed by atoms with Gasteiger partial charge in [0, 0.05) is 10.1 Å². The average Bonchev–Trinajstić information content (AvgIpc) is 2.67. The Balaban J connectivity index is 2.52. The van der Waals surface area contributed by atoms with E-state index >= 15 is 0 Å². The van der Waals surface area contributed by atoms with Gasteiger partial charge in [0.25, 0.3) is 0 Å². The number of thiophene rings is 1. The first kappa shape index (κ1) is 9.98. The van der Waals surface area contributed by atoms with E-state index in [-0.39, 0.29) is 11.3 Å². The number of carbonyl (C=O) groups excluding carboxylic acids is 1. The number of aromatic hydroxyl groups is 1. The standard InChI is InChI=1S/C11H10O3S/c1-2-14-11(13)8-3-4-9-7(10(8)12)5-6-15-9/h3-6,12H,2H2,1H3. The van der Waals surface area contributed by atoms with E-state index in [1.165, 1.54) is 11.3 Å². The number of hydrogen-bond donors (Lipinski definition) is 1. The molecule has 4 heteroatoms. The van der Waals surface area contributed by atoms with Crippen LogP contribution in [0, 0.1) is 0 Å². The van der Waals surface area contributed by atoms with E-state index < -0.39 is 5.97 Å². The molecule has 0 saturated carbocycles. The molecule has 1 aromatic carbocycles. The Labute approximate surface area is 90.9 Å². The van der Waals surface area contributed by atoms with Crippen molar-refractivity contribution in [2.24, 2.45) is 0 Å². The van der Waals surface area contributed by atoms with Crippen LogP contribution in [0.5, 0.6) is 5.75 Å². The van der Waals surface area contributed by atoms with Crippen LogP contribution >= 0.6 is 11.3 Å². The number of rotatable bonds is 2. The smallest absolute Gasteiger partial charge is 0.341 e. The molecule has 0 unspecified atom stereocenters. The van der Waals surface area contributed by atoms with Crippen LogP contribution < -0.4 is 0 Å². The van der Waals surface area contributed by atoms with Crippen molar-refractivity contribution in [2.45, 2.75) is 6.92 Å². The van der Waals surface area contributed by atoms with Gasteiger partial charge >= 0.3 is 5.97 Å². The van der Waals surface area contributed by atoms with E-state index in [0.717, 1.165) is 4.70 Å². The van der Waals surface area contributed by atoms with Gasteiger partial charge < -0.3 is 9.84 Å². The molecule has 0 spiro atoms. The van der Waals surface area contributed by atoms with Crippen LogP contribution in [-0.4, -0.2) is 17.7 Å². The summed E-state index contributed by atoms with van der Waals surface area (Å²) >= 11 is 1.52. The van der Waals surface area contributed by atoms with Gasteiger partial charge in [-0.05, 0) is 30.5 Å². The van der Waals surface area contributed by atoms with Gasteiger partial charge in [-0.15, -0.1) is 11.3 Å². The second-order valence-electron chi connectivity index (χ2n) is 3.01. The topological polar surface area (TPSA) is 46.5 Å². The zero-order chi connectivity index (χ0) is 10.8. The maximum atomic E-state index is 11.5. The number of esters is 1. The summed E-state index contributed by atoms with van der Waals surface area (Å²) in [6, 6.07) is 5.19. The molecule has 0 fully saturated rings. The fourth-order valence-electron chi connectivity index (χ4n) is 1.40. The van der Waals surface area contributed by atoms with Gasteiger partial charge in [0.2, 0.25) is 0 Å². The molecular weight excluding hydrogens is 212 g/mol. The predicted molar refractivity (Wildman–Crippen MR) is 59.4 cm³/mol. The lowest BCUT2D eigenvalue weighted by atomic mass is 10.1. The normalized spacial score (nSPS) is 10.5. The van der Waals surface area contributed by atoms with Crippen molar-refractivity contribution in [3.63, 3.8) is 0 Å². The summed E-state index contributed by atoms with van der Waals surface area (Å²) in [6.45, 7) is 2.04. The van der Waals surface area contributed by atoms with Gasteiger partial charge in [0.1, 0.15) is 11.3 Å². The first-order valence-corrected chi connectivity index (χ1v) is 5.48. The van der Waals surface area contributed by atoms with Crippen LogP contribution in [0.2, 0.25) is 0 Å². The Hall–Kier alpha value is -1.55. The third-order valence-electron chi connectivity index (χ3n) is 2.10. The number of benzene rings is 1. The second-order valence-corrected chi connectivity index (χ2v) is 3.96. The lowest BCUT2D eigenvalue weighted by molar-refractivity contribution is 0.0523. The molecule has 1 N–H and O–H groups in total. The quantitative estimate of drug-likeness (QED) is 0.795. The van der Waals surface area contributed by atoms with Crippen molar-refractivity contribution in [1.29, 1.82) is 0 Å². The summed E-state index contributed by atoms with van der Waals surface area (Å²) in [4.78, 5) is 11.5. The molecule has 0 radical (unpaired) electrons. The summed E-state index contributed by atoms with van der Waals surface area (Å²) in [5.74, 6) is -0.477. The predicted octanol–water partition coefficient (Wildman–Crippen LogP) is 2.78. The van der Waals surface area contributed by atoms with Crippen molar-refractivity contribution in [3.05, 3.63) is 29.1 Å². The Morgan fingerprint density at radius 2 is 2.27 bits per heavy atom. The number of hydrogen-bond acceptors (Lipinski definition) is 4. The molecule has 2 aromatic rings. The highest BCUT2D eigenvalue weighted by Gasteiger charge is 2.14. The number of fused-ring (bicyclic) bond motifs is 1. The minimum absolute atomic E-state index is 0.00667. The highest BCUT2D eigenvalue weighted by Crippen LogP contribution is 2.32. The van der Waals surface area contributed by atoms with E-state index in [1.807, 2.05) is 11.4 Å². The summed E-state index contributed by atoms with van der Waals surface area (Å²) in [7, 11) is 0. The number of phenols is 1. The van der Waals surface area contributed by atoms with Crippen molar-refractivity contribution in [2.75, 3.05) is 6.61 Å². The molecule has 78 valence electrons. The Bertz CT molecular complexity index is 502. The van der Waals surface area contributed by atoms with Crippen LogP contribution in [0.4, 0.5) is 0 Å². The van der Waals surface area contributed by atoms with Crippen LogP contribution in [0.15, 0.2) is 23.6 Å². The van der Waals surface area contributed by atoms with Crippen molar-refractivity contribution in [3.8, 4) is 5.75 Å². The molecule has 0 bridgehead atoms. The van der Waals surface area contributed by atoms with Gasteiger partial charge in [-0.1, -0.05) is 0 Å². The van der Waals surface area contributed by atoms with E-state index in [0.29, 0.717) is 12.0 Å². The molecule has 2 rings (SSSR count). The largest absolute Gasteiger partial charge is 0.506 e. The van der Waals surface area contributed by atoms with E-state index in [9.17, 15) is 9.90 Å². The third-order valence-corrected chi connectivity index (χ3v) is 2.98. The van der Waals surface area contributed by atoms with Crippen molar-refractivity contribution < 1.29 is 14.6 Å². The molecule has 15 heavy (non-hydrogen) atoms. The lowest BCUT2D eigenvalue weighted by Crippen LogP contribution is -2.04. The van der Waals surface area contributed by atoms with E-state index in [1.54, 1.807) is 19.1 Å². The number of carbonyl (C=O) groups is 1. The summed E-state index contributed by atoms with van der Waals surface area (Å²) in [6.07, 6.45) is 0. The number of ether oxygens (including phenoxy) is 1. The fraction of sp³-hybridized carbons (Fsp3) is 0.182. The Kier molecular flexibility index (Phi) is 2.60. The highest BCUT2D eigenvalue weighted by atomic mass is 32.1. The SMILES string of the molecule is CCOC(=O)c1ccc2sccc2c1O. The van der Waals surface area contributed by atoms with Gasteiger partial charge in [0.15, 0.2) is 0 Å². The van der Waals surface area contributed by atoms with Gasteiger partial charge in [-0.25, -0.2) is 4.79 Å². The van der Waals surface area contributed by atoms with Crippen molar-refractivity contribution >= 4 is 27.4 Å². The minimum Gasteiger partial charge on any atom is -0.506 e. The molecule has 0 aliphatic rings. The fourth-order valence-corrected chi connectivity index (χ4v) is 2.19. The average molecular weight is 222 g/mol. The van der Waals surface area contributed by atoms with E-state index in [4.69, 9.17) is 4.74 Å². The molecule has 0 atom stereocenters. The molecule has 0 amide bonds. The van der Waals surface area contributed by atoms with Crippen LogP contribution in [0.3, 0.4) is 0 Å². The van der Waals surface area contributed by atoms with Gasteiger partial charge in [0.05, 0.1) is 6.61 Å². The maximum Gasteiger partial charge on any atom is 0.341 e. The second kappa shape index (κ2) is 3.90. The molecular formula is C11H10O3S. The minimum atomic E-state index is -0.483. The van der Waals surface area contributed by atoms with E-state index in [2.05, 4.69) is 0 Å². The monoisotopic (exact) mass is 222 g/mol. The summed E-state index contributed by atoms with van der Waals surface area (Å²) in [5, 5.41) is 12.4. The summed E-state index contributed by atoms with van der Waals surface area (Å²) in [5.41, 5.74) is 0.225. The summed E-state index contributed by atoms with van der Waals surface area (Å²) < 4.78 is 5.80. The lowest BCUT2D eigenvalue weighted by Gasteiger charge is -2.04. The zero-order valence-corrected chi connectivity index (χ0v) is 9.00. The Morgan fingerprint density at radius 3 is 3.00 bits per heavy atom. The van der Waals surface area contributed by atoms with Crippen molar-refractivity contribution in [1.82, 2.24) is 0 Å². The molecule has 0 saturated heterocycles. The Morgan fingerprint density at radius 1 is 1.47 bits per heavy atom. The van der Waals surface area contributed by atoms with Gasteiger partial charge in [-0.2, -0.15) is 0 Å². The first-order chi connectivity index (χ1) is 7.24. The first-order valence-electron chi connectivity index (χ1n) is 4.60. The number of phenolic OH excluding ortho intramolecular Hbond substituents is 1. The molecule has 0 aliphatic carbocycles. The molecule has 0 aliphatic heterocycles. The molecule has 1 heterocycles. The van der Waals surface area contributed by atoms with Crippen LogP contribution in [0.1, 0.15) is 17.3 Å².